The SMILES string of the molecule is O=Cc1cc(C(=O)O)c2[nH]ccc2c1. The summed E-state index contributed by atoms with van der Waals surface area (Å²) in [4.78, 5) is 24.2. The van der Waals surface area contributed by atoms with Crippen LogP contribution in [0.2, 0.25) is 0 Å². The number of carboxylic acid groups (broad SMARTS) is 1. The molecule has 1 aromatic carbocycles. The Morgan fingerprint density at radius 3 is 2.86 bits per heavy atom. The van der Waals surface area contributed by atoms with Crippen molar-refractivity contribution in [2.45, 2.75) is 0 Å². The van der Waals surface area contributed by atoms with Crippen LogP contribution in [0.15, 0.2) is 24.4 Å². The van der Waals surface area contributed by atoms with E-state index in [1.807, 2.05) is 0 Å². The molecule has 0 spiro atoms. The maximum atomic E-state index is 10.8. The predicted octanol–water partition coefficient (Wildman–Crippen LogP) is 1.68. The summed E-state index contributed by atoms with van der Waals surface area (Å²) in [5, 5.41) is 9.61. The van der Waals surface area contributed by atoms with Crippen molar-refractivity contribution in [2.75, 3.05) is 0 Å². The van der Waals surface area contributed by atoms with Gasteiger partial charge < -0.3 is 10.1 Å². The number of hydrogen-bond donors (Lipinski definition) is 2. The molecule has 2 aromatic rings. The van der Waals surface area contributed by atoms with Crippen LogP contribution < -0.4 is 0 Å². The number of carbonyl (C=O) groups is 2. The molecule has 4 nitrogen and oxygen atoms in total. The van der Waals surface area contributed by atoms with Gasteiger partial charge in [-0.25, -0.2) is 4.79 Å². The van der Waals surface area contributed by atoms with Gasteiger partial charge in [0.15, 0.2) is 0 Å². The Morgan fingerprint density at radius 2 is 2.21 bits per heavy atom. The number of carbonyl (C=O) groups excluding carboxylic acids is 1. The second kappa shape index (κ2) is 2.99. The Labute approximate surface area is 79.2 Å². The van der Waals surface area contributed by atoms with E-state index in [4.69, 9.17) is 5.11 Å². The normalized spacial score (nSPS) is 10.3. The third-order valence-corrected chi connectivity index (χ3v) is 2.05. The topological polar surface area (TPSA) is 70.2 Å². The molecule has 0 fully saturated rings. The highest BCUT2D eigenvalue weighted by Crippen LogP contribution is 2.19. The van der Waals surface area contributed by atoms with Crippen molar-refractivity contribution < 1.29 is 14.7 Å². The van der Waals surface area contributed by atoms with Gasteiger partial charge in [-0.05, 0) is 18.2 Å². The van der Waals surface area contributed by atoms with Crippen LogP contribution in [0, 0.1) is 0 Å². The lowest BCUT2D eigenvalue weighted by atomic mass is 10.1. The minimum absolute atomic E-state index is 0.120. The lowest BCUT2D eigenvalue weighted by Crippen LogP contribution is -1.98. The summed E-state index contributed by atoms with van der Waals surface area (Å²) in [6, 6.07) is 4.73. The van der Waals surface area contributed by atoms with Gasteiger partial charge in [-0.2, -0.15) is 0 Å². The Balaban J connectivity index is 2.83. The first-order valence-electron chi connectivity index (χ1n) is 4.02. The molecule has 0 aliphatic heterocycles. The van der Waals surface area contributed by atoms with Gasteiger partial charge in [-0.3, -0.25) is 4.79 Å². The molecule has 0 aliphatic rings. The maximum absolute atomic E-state index is 10.8. The van der Waals surface area contributed by atoms with Gasteiger partial charge in [0.25, 0.3) is 0 Å². The molecular formula is C10H7NO3. The van der Waals surface area contributed by atoms with Crippen LogP contribution in [0.3, 0.4) is 0 Å². The number of carboxylic acids is 1. The van der Waals surface area contributed by atoms with Gasteiger partial charge in [0.1, 0.15) is 6.29 Å². The maximum Gasteiger partial charge on any atom is 0.337 e. The summed E-state index contributed by atoms with van der Waals surface area (Å²) in [7, 11) is 0. The third-order valence-electron chi connectivity index (χ3n) is 2.05. The predicted molar refractivity (Wildman–Crippen MR) is 50.6 cm³/mol. The van der Waals surface area contributed by atoms with E-state index in [-0.39, 0.29) is 5.56 Å². The number of aromatic carboxylic acids is 1. The molecule has 0 radical (unpaired) electrons. The van der Waals surface area contributed by atoms with Crippen LogP contribution in [0.25, 0.3) is 10.9 Å². The molecule has 14 heavy (non-hydrogen) atoms. The Hall–Kier alpha value is -2.10. The number of hydrogen-bond acceptors (Lipinski definition) is 2. The summed E-state index contributed by atoms with van der Waals surface area (Å²) in [5.41, 5.74) is 1.03. The second-order valence-corrected chi connectivity index (χ2v) is 2.93. The highest BCUT2D eigenvalue weighted by atomic mass is 16.4. The summed E-state index contributed by atoms with van der Waals surface area (Å²) in [5.74, 6) is -1.04. The summed E-state index contributed by atoms with van der Waals surface area (Å²) >= 11 is 0. The molecule has 0 bridgehead atoms. The molecular weight excluding hydrogens is 182 g/mol. The van der Waals surface area contributed by atoms with Gasteiger partial charge in [0.2, 0.25) is 0 Å². The first-order chi connectivity index (χ1) is 6.72. The lowest BCUT2D eigenvalue weighted by Gasteiger charge is -1.98. The molecule has 1 aromatic heterocycles. The van der Waals surface area contributed by atoms with E-state index in [0.29, 0.717) is 17.4 Å². The molecule has 0 saturated carbocycles. The van der Waals surface area contributed by atoms with E-state index >= 15 is 0 Å². The largest absolute Gasteiger partial charge is 0.478 e. The third kappa shape index (κ3) is 1.17. The zero-order valence-electron chi connectivity index (χ0n) is 7.15. The lowest BCUT2D eigenvalue weighted by molar-refractivity contribution is 0.0699. The van der Waals surface area contributed by atoms with E-state index in [1.54, 1.807) is 18.3 Å². The average molecular weight is 189 g/mol. The van der Waals surface area contributed by atoms with E-state index in [2.05, 4.69) is 4.98 Å². The van der Waals surface area contributed by atoms with Crippen LogP contribution in [0.4, 0.5) is 0 Å². The summed E-state index contributed by atoms with van der Waals surface area (Å²) in [6.45, 7) is 0. The zero-order chi connectivity index (χ0) is 10.1. The number of aromatic nitrogens is 1. The van der Waals surface area contributed by atoms with Gasteiger partial charge in [-0.1, -0.05) is 0 Å². The molecule has 2 N–H and O–H groups in total. The van der Waals surface area contributed by atoms with Gasteiger partial charge in [0.05, 0.1) is 11.1 Å². The van der Waals surface area contributed by atoms with Crippen molar-refractivity contribution in [3.63, 3.8) is 0 Å². The van der Waals surface area contributed by atoms with Crippen molar-refractivity contribution >= 4 is 23.2 Å². The minimum atomic E-state index is -1.04. The second-order valence-electron chi connectivity index (χ2n) is 2.93. The number of benzene rings is 1. The van der Waals surface area contributed by atoms with Crippen molar-refractivity contribution in [2.24, 2.45) is 0 Å². The highest BCUT2D eigenvalue weighted by Gasteiger charge is 2.10. The monoisotopic (exact) mass is 189 g/mol. The van der Waals surface area contributed by atoms with Crippen molar-refractivity contribution in [3.05, 3.63) is 35.5 Å². The van der Waals surface area contributed by atoms with Crippen molar-refractivity contribution in [1.82, 2.24) is 4.98 Å². The number of aromatic amines is 1. The fourth-order valence-electron chi connectivity index (χ4n) is 1.43. The van der Waals surface area contributed by atoms with Crippen molar-refractivity contribution in [3.8, 4) is 0 Å². The van der Waals surface area contributed by atoms with Crippen LogP contribution in [0.5, 0.6) is 0 Å². The fourth-order valence-corrected chi connectivity index (χ4v) is 1.43. The van der Waals surface area contributed by atoms with E-state index in [9.17, 15) is 9.59 Å². The Bertz CT molecular complexity index is 513. The molecule has 2 rings (SSSR count). The Morgan fingerprint density at radius 1 is 1.43 bits per heavy atom. The number of aldehydes is 1. The van der Waals surface area contributed by atoms with Gasteiger partial charge >= 0.3 is 5.97 Å². The van der Waals surface area contributed by atoms with E-state index in [1.165, 1.54) is 6.07 Å². The van der Waals surface area contributed by atoms with Crippen LogP contribution >= 0.6 is 0 Å². The first kappa shape index (κ1) is 8.50. The van der Waals surface area contributed by atoms with Crippen LogP contribution in [-0.4, -0.2) is 22.3 Å². The molecule has 1 heterocycles. The zero-order valence-corrected chi connectivity index (χ0v) is 7.15. The molecule has 0 saturated heterocycles. The Kier molecular flexibility index (Phi) is 1.81. The van der Waals surface area contributed by atoms with Gasteiger partial charge in [0, 0.05) is 17.1 Å². The molecule has 4 heteroatoms. The summed E-state index contributed by atoms with van der Waals surface area (Å²) < 4.78 is 0. The highest BCUT2D eigenvalue weighted by molar-refractivity contribution is 6.04. The molecule has 0 aliphatic carbocycles. The standard InChI is InChI=1S/C10H7NO3/c12-5-6-3-7-1-2-11-9(7)8(4-6)10(13)14/h1-5,11H,(H,13,14). The molecule has 0 atom stereocenters. The van der Waals surface area contributed by atoms with E-state index < -0.39 is 5.97 Å². The number of rotatable bonds is 2. The van der Waals surface area contributed by atoms with E-state index in [0.717, 1.165) is 5.39 Å². The molecule has 0 unspecified atom stereocenters. The van der Waals surface area contributed by atoms with Crippen LogP contribution in [0.1, 0.15) is 20.7 Å². The fraction of sp³-hybridized carbons (Fsp3) is 0. The van der Waals surface area contributed by atoms with Crippen molar-refractivity contribution in [1.29, 1.82) is 0 Å². The quantitative estimate of drug-likeness (QED) is 0.706. The number of nitrogens with one attached hydrogen (secondary N) is 1. The molecule has 0 amide bonds. The van der Waals surface area contributed by atoms with Crippen LogP contribution in [-0.2, 0) is 0 Å². The molecule has 70 valence electrons. The van der Waals surface area contributed by atoms with Gasteiger partial charge in [-0.15, -0.1) is 0 Å². The smallest absolute Gasteiger partial charge is 0.337 e. The summed E-state index contributed by atoms with van der Waals surface area (Å²) in [6.07, 6.45) is 2.28. The number of fused-ring (bicyclic) bond motifs is 1. The number of H-pyrrole nitrogens is 1. The average Bonchev–Trinajstić information content (AvgIpc) is 2.63. The minimum Gasteiger partial charge on any atom is -0.478 e. The first-order valence-corrected chi connectivity index (χ1v) is 4.02.